The van der Waals surface area contributed by atoms with Gasteiger partial charge in [-0.3, -0.25) is 0 Å². The van der Waals surface area contributed by atoms with Gasteiger partial charge in [0.05, 0.1) is 6.61 Å². The van der Waals surface area contributed by atoms with Crippen LogP contribution in [0.1, 0.15) is 32.3 Å². The molecule has 0 spiro atoms. The molecule has 1 N–H and O–H groups in total. The summed E-state index contributed by atoms with van der Waals surface area (Å²) in [5.74, 6) is -2.56. The second kappa shape index (κ2) is 5.98. The van der Waals surface area contributed by atoms with Crippen LogP contribution in [0, 0.1) is 17.6 Å². The van der Waals surface area contributed by atoms with Gasteiger partial charge in [-0.05, 0) is 36.5 Å². The molecule has 1 aromatic carbocycles. The summed E-state index contributed by atoms with van der Waals surface area (Å²) in [6.45, 7) is 3.56. The summed E-state index contributed by atoms with van der Waals surface area (Å²) in [5.41, 5.74) is 0.0350. The highest BCUT2D eigenvalue weighted by Gasteiger charge is 2.38. The van der Waals surface area contributed by atoms with Crippen molar-refractivity contribution in [3.8, 4) is 0 Å². The van der Waals surface area contributed by atoms with Gasteiger partial charge in [0.15, 0.2) is 11.6 Å². The van der Waals surface area contributed by atoms with Gasteiger partial charge in [-0.15, -0.1) is 0 Å². The molecule has 4 nitrogen and oxygen atoms in total. The van der Waals surface area contributed by atoms with E-state index in [1.807, 2.05) is 13.8 Å². The van der Waals surface area contributed by atoms with Gasteiger partial charge in [-0.1, -0.05) is 13.8 Å². The van der Waals surface area contributed by atoms with Crippen LogP contribution in [-0.4, -0.2) is 30.4 Å². The number of halogens is 2. The maximum atomic E-state index is 13.9. The lowest BCUT2D eigenvalue weighted by Crippen LogP contribution is -2.39. The summed E-state index contributed by atoms with van der Waals surface area (Å²) >= 11 is 0. The average Bonchev–Trinajstić information content (AvgIpc) is 2.91. The number of sulfonamides is 1. The van der Waals surface area contributed by atoms with Gasteiger partial charge in [0, 0.05) is 12.6 Å². The van der Waals surface area contributed by atoms with Crippen molar-refractivity contribution >= 4 is 10.0 Å². The monoisotopic (exact) mass is 319 g/mol. The normalized spacial score (nSPS) is 20.4. The Morgan fingerprint density at radius 3 is 2.62 bits per heavy atom. The SMILES string of the molecule is CC(C)C1CCCN1S(=O)(=O)c1cc(CO)cc(F)c1F. The Labute approximate surface area is 123 Å². The van der Waals surface area contributed by atoms with Crippen LogP contribution >= 0.6 is 0 Å². The summed E-state index contributed by atoms with van der Waals surface area (Å²) in [4.78, 5) is -0.695. The highest BCUT2D eigenvalue weighted by atomic mass is 32.2. The number of aliphatic hydroxyl groups excluding tert-OH is 1. The zero-order chi connectivity index (χ0) is 15.8. The molecule has 0 aromatic heterocycles. The van der Waals surface area contributed by atoms with E-state index in [0.717, 1.165) is 12.1 Å². The van der Waals surface area contributed by atoms with Crippen LogP contribution in [0.25, 0.3) is 0 Å². The van der Waals surface area contributed by atoms with Gasteiger partial charge in [0.1, 0.15) is 4.90 Å². The highest BCUT2D eigenvalue weighted by molar-refractivity contribution is 7.89. The molecule has 0 amide bonds. The fraction of sp³-hybridized carbons (Fsp3) is 0.571. The van der Waals surface area contributed by atoms with Crippen molar-refractivity contribution in [2.45, 2.75) is 44.2 Å². The second-order valence-corrected chi connectivity index (χ2v) is 7.48. The van der Waals surface area contributed by atoms with Crippen molar-refractivity contribution in [1.29, 1.82) is 0 Å². The van der Waals surface area contributed by atoms with Crippen molar-refractivity contribution in [3.63, 3.8) is 0 Å². The highest BCUT2D eigenvalue weighted by Crippen LogP contribution is 2.32. The fourth-order valence-corrected chi connectivity index (χ4v) is 4.70. The number of hydrogen-bond acceptors (Lipinski definition) is 3. The number of benzene rings is 1. The maximum Gasteiger partial charge on any atom is 0.246 e. The first-order chi connectivity index (χ1) is 9.78. The fourth-order valence-electron chi connectivity index (χ4n) is 2.75. The number of hydrogen-bond donors (Lipinski definition) is 1. The number of rotatable bonds is 4. The molecule has 118 valence electrons. The van der Waals surface area contributed by atoms with Crippen molar-refractivity contribution in [2.24, 2.45) is 5.92 Å². The number of aliphatic hydroxyl groups is 1. The second-order valence-electron chi connectivity index (χ2n) is 5.62. The van der Waals surface area contributed by atoms with Gasteiger partial charge in [-0.2, -0.15) is 4.31 Å². The molecule has 2 rings (SSSR count). The lowest BCUT2D eigenvalue weighted by Gasteiger charge is -2.27. The first-order valence-corrected chi connectivity index (χ1v) is 8.33. The Bertz CT molecular complexity index is 631. The molecule has 1 atom stereocenters. The third-order valence-electron chi connectivity index (χ3n) is 3.84. The average molecular weight is 319 g/mol. The summed E-state index contributed by atoms with van der Waals surface area (Å²) in [6, 6.07) is 1.59. The van der Waals surface area contributed by atoms with Crippen molar-refractivity contribution < 1.29 is 22.3 Å². The molecule has 21 heavy (non-hydrogen) atoms. The van der Waals surface area contributed by atoms with Crippen LogP contribution < -0.4 is 0 Å². The smallest absolute Gasteiger partial charge is 0.246 e. The molecule has 0 bridgehead atoms. The summed E-state index contributed by atoms with van der Waals surface area (Å²) in [5, 5.41) is 9.05. The van der Waals surface area contributed by atoms with Crippen molar-refractivity contribution in [3.05, 3.63) is 29.3 Å². The van der Waals surface area contributed by atoms with Crippen LogP contribution in [0.5, 0.6) is 0 Å². The van der Waals surface area contributed by atoms with Gasteiger partial charge >= 0.3 is 0 Å². The molecule has 7 heteroatoms. The van der Waals surface area contributed by atoms with E-state index in [-0.39, 0.29) is 17.5 Å². The van der Waals surface area contributed by atoms with E-state index in [2.05, 4.69) is 0 Å². The molecule has 1 aromatic rings. The van der Waals surface area contributed by atoms with E-state index in [1.54, 1.807) is 0 Å². The van der Waals surface area contributed by atoms with E-state index in [9.17, 15) is 17.2 Å². The molecule has 1 aliphatic heterocycles. The van der Waals surface area contributed by atoms with Crippen molar-refractivity contribution in [1.82, 2.24) is 4.31 Å². The standard InChI is InChI=1S/C14H19F2NO3S/c1-9(2)12-4-3-5-17(12)21(19,20)13-7-10(8-18)6-11(15)14(13)16/h6-7,9,12,18H,3-5,8H2,1-2H3. The van der Waals surface area contributed by atoms with Gasteiger partial charge in [0.25, 0.3) is 0 Å². The van der Waals surface area contributed by atoms with Crippen LogP contribution in [0.3, 0.4) is 0 Å². The van der Waals surface area contributed by atoms with Crippen molar-refractivity contribution in [2.75, 3.05) is 6.54 Å². The first kappa shape index (κ1) is 16.3. The Kier molecular flexibility index (Phi) is 4.65. The Morgan fingerprint density at radius 2 is 2.05 bits per heavy atom. The van der Waals surface area contributed by atoms with E-state index in [4.69, 9.17) is 5.11 Å². The molecular weight excluding hydrogens is 300 g/mol. The Balaban J connectivity index is 2.51. The third kappa shape index (κ3) is 2.95. The van der Waals surface area contributed by atoms with Crippen LogP contribution in [0.15, 0.2) is 17.0 Å². The van der Waals surface area contributed by atoms with Crippen LogP contribution in [-0.2, 0) is 16.6 Å². The summed E-state index contributed by atoms with van der Waals surface area (Å²) in [7, 11) is -4.11. The summed E-state index contributed by atoms with van der Waals surface area (Å²) in [6.07, 6.45) is 1.41. The minimum absolute atomic E-state index is 0.0350. The lowest BCUT2D eigenvalue weighted by atomic mass is 10.0. The Morgan fingerprint density at radius 1 is 1.38 bits per heavy atom. The molecule has 1 aliphatic rings. The largest absolute Gasteiger partial charge is 0.392 e. The zero-order valence-corrected chi connectivity index (χ0v) is 12.8. The predicted molar refractivity (Wildman–Crippen MR) is 74.0 cm³/mol. The third-order valence-corrected chi connectivity index (χ3v) is 5.77. The molecule has 0 radical (unpaired) electrons. The molecular formula is C14H19F2NO3S. The van der Waals surface area contributed by atoms with E-state index in [0.29, 0.717) is 19.4 Å². The van der Waals surface area contributed by atoms with Gasteiger partial charge in [-0.25, -0.2) is 17.2 Å². The lowest BCUT2D eigenvalue weighted by molar-refractivity contribution is 0.280. The van der Waals surface area contributed by atoms with E-state index < -0.39 is 33.2 Å². The van der Waals surface area contributed by atoms with E-state index in [1.165, 1.54) is 4.31 Å². The predicted octanol–water partition coefficient (Wildman–Crippen LogP) is 2.27. The molecule has 1 heterocycles. The number of nitrogens with zero attached hydrogens (tertiary/aromatic N) is 1. The van der Waals surface area contributed by atoms with Gasteiger partial charge in [0.2, 0.25) is 10.0 Å². The van der Waals surface area contributed by atoms with E-state index >= 15 is 0 Å². The topological polar surface area (TPSA) is 57.6 Å². The summed E-state index contributed by atoms with van der Waals surface area (Å²) < 4.78 is 54.0. The minimum Gasteiger partial charge on any atom is -0.392 e. The Hall–Kier alpha value is -1.05. The van der Waals surface area contributed by atoms with Crippen LogP contribution in [0.4, 0.5) is 8.78 Å². The minimum atomic E-state index is -4.11. The first-order valence-electron chi connectivity index (χ1n) is 6.89. The molecule has 0 saturated carbocycles. The molecule has 1 fully saturated rings. The molecule has 1 unspecified atom stereocenters. The maximum absolute atomic E-state index is 13.9. The van der Waals surface area contributed by atoms with Gasteiger partial charge < -0.3 is 5.11 Å². The van der Waals surface area contributed by atoms with Crippen LogP contribution in [0.2, 0.25) is 0 Å². The molecule has 1 saturated heterocycles. The molecule has 0 aliphatic carbocycles. The quantitative estimate of drug-likeness (QED) is 0.926. The zero-order valence-electron chi connectivity index (χ0n) is 12.0.